The predicted octanol–water partition coefficient (Wildman–Crippen LogP) is 2.31. The topological polar surface area (TPSA) is 55.5 Å². The Morgan fingerprint density at radius 2 is 2.00 bits per heavy atom. The van der Waals surface area contributed by atoms with E-state index in [9.17, 15) is 9.59 Å². The SMILES string of the molecule is O=C(N1CCCC1)n1oc(=O)c2cc(Cl)ccc21. The molecule has 94 valence electrons. The predicted molar refractivity (Wildman–Crippen MR) is 67.1 cm³/mol. The van der Waals surface area contributed by atoms with Crippen molar-refractivity contribution in [2.45, 2.75) is 12.8 Å². The summed E-state index contributed by atoms with van der Waals surface area (Å²) in [6.07, 6.45) is 1.97. The lowest BCUT2D eigenvalue weighted by Gasteiger charge is -2.14. The number of nitrogens with zero attached hydrogens (tertiary/aromatic N) is 2. The van der Waals surface area contributed by atoms with Crippen LogP contribution in [0.25, 0.3) is 10.9 Å². The van der Waals surface area contributed by atoms with Crippen molar-refractivity contribution >= 4 is 28.5 Å². The number of amides is 1. The monoisotopic (exact) mass is 266 g/mol. The summed E-state index contributed by atoms with van der Waals surface area (Å²) in [6, 6.07) is 4.47. The van der Waals surface area contributed by atoms with Crippen LogP contribution in [0.1, 0.15) is 12.8 Å². The summed E-state index contributed by atoms with van der Waals surface area (Å²) < 4.78 is 6.06. The first kappa shape index (κ1) is 11.3. The molecule has 0 bridgehead atoms. The van der Waals surface area contributed by atoms with E-state index in [1.165, 1.54) is 6.07 Å². The second kappa shape index (κ2) is 4.17. The highest BCUT2D eigenvalue weighted by atomic mass is 35.5. The van der Waals surface area contributed by atoms with Gasteiger partial charge in [-0.05, 0) is 31.0 Å². The van der Waals surface area contributed by atoms with Crippen molar-refractivity contribution in [3.8, 4) is 0 Å². The van der Waals surface area contributed by atoms with Crippen LogP contribution in [-0.4, -0.2) is 28.8 Å². The van der Waals surface area contributed by atoms with Crippen LogP contribution in [0.15, 0.2) is 27.5 Å². The molecule has 2 heterocycles. The van der Waals surface area contributed by atoms with Crippen LogP contribution in [0.4, 0.5) is 4.79 Å². The first-order chi connectivity index (χ1) is 8.66. The highest BCUT2D eigenvalue weighted by molar-refractivity contribution is 6.31. The van der Waals surface area contributed by atoms with E-state index in [1.54, 1.807) is 17.0 Å². The standard InChI is InChI=1S/C12H11ClN2O3/c13-8-3-4-10-9(7-8)11(16)18-15(10)12(17)14-5-1-2-6-14/h3-4,7H,1-2,5-6H2. The maximum Gasteiger partial charge on any atom is 0.366 e. The first-order valence-corrected chi connectivity index (χ1v) is 6.15. The van der Waals surface area contributed by atoms with E-state index >= 15 is 0 Å². The average molecular weight is 267 g/mol. The lowest BCUT2D eigenvalue weighted by Crippen LogP contribution is -2.31. The molecule has 0 radical (unpaired) electrons. The number of halogens is 1. The molecule has 0 spiro atoms. The van der Waals surface area contributed by atoms with Crippen LogP contribution < -0.4 is 5.63 Å². The fraction of sp³-hybridized carbons (Fsp3) is 0.333. The Labute approximate surface area is 107 Å². The number of likely N-dealkylation sites (tertiary alicyclic amines) is 1. The summed E-state index contributed by atoms with van der Waals surface area (Å²) in [7, 11) is 0. The van der Waals surface area contributed by atoms with Crippen LogP contribution >= 0.6 is 11.6 Å². The number of benzene rings is 1. The van der Waals surface area contributed by atoms with E-state index in [2.05, 4.69) is 0 Å². The molecule has 0 atom stereocenters. The molecular formula is C12H11ClN2O3. The van der Waals surface area contributed by atoms with Gasteiger partial charge in [-0.2, -0.15) is 0 Å². The third-order valence-corrected chi connectivity index (χ3v) is 3.36. The maximum absolute atomic E-state index is 12.2. The summed E-state index contributed by atoms with van der Waals surface area (Å²) in [5.74, 6) is 0. The van der Waals surface area contributed by atoms with Crippen molar-refractivity contribution in [1.29, 1.82) is 0 Å². The van der Waals surface area contributed by atoms with Gasteiger partial charge in [0, 0.05) is 18.1 Å². The van der Waals surface area contributed by atoms with Crippen molar-refractivity contribution in [2.75, 3.05) is 13.1 Å². The smallest absolute Gasteiger partial charge is 0.326 e. The Bertz CT molecular complexity index is 668. The van der Waals surface area contributed by atoms with Gasteiger partial charge in [-0.25, -0.2) is 9.59 Å². The van der Waals surface area contributed by atoms with Gasteiger partial charge in [0.2, 0.25) is 0 Å². The first-order valence-electron chi connectivity index (χ1n) is 5.78. The van der Waals surface area contributed by atoms with Gasteiger partial charge in [0.25, 0.3) is 0 Å². The summed E-state index contributed by atoms with van der Waals surface area (Å²) in [5.41, 5.74) is -0.0821. The highest BCUT2D eigenvalue weighted by Crippen LogP contribution is 2.19. The second-order valence-corrected chi connectivity index (χ2v) is 4.75. The lowest BCUT2D eigenvalue weighted by molar-refractivity contribution is 0.178. The lowest BCUT2D eigenvalue weighted by atomic mass is 10.2. The molecule has 1 fully saturated rings. The molecule has 2 aromatic rings. The van der Waals surface area contributed by atoms with Crippen molar-refractivity contribution in [2.24, 2.45) is 0 Å². The molecule has 18 heavy (non-hydrogen) atoms. The Hall–Kier alpha value is -1.75. The average Bonchev–Trinajstić information content (AvgIpc) is 2.97. The number of hydrogen-bond acceptors (Lipinski definition) is 3. The summed E-state index contributed by atoms with van der Waals surface area (Å²) >= 11 is 5.82. The Kier molecular flexibility index (Phi) is 2.63. The van der Waals surface area contributed by atoms with E-state index in [0.717, 1.165) is 17.6 Å². The van der Waals surface area contributed by atoms with Crippen molar-refractivity contribution in [3.63, 3.8) is 0 Å². The molecule has 1 aromatic carbocycles. The van der Waals surface area contributed by atoms with Crippen molar-refractivity contribution in [3.05, 3.63) is 33.6 Å². The zero-order valence-electron chi connectivity index (χ0n) is 9.56. The van der Waals surface area contributed by atoms with Crippen LogP contribution in [-0.2, 0) is 0 Å². The number of hydrogen-bond donors (Lipinski definition) is 0. The molecule has 0 aliphatic carbocycles. The summed E-state index contributed by atoms with van der Waals surface area (Å²) in [4.78, 5) is 25.5. The highest BCUT2D eigenvalue weighted by Gasteiger charge is 2.23. The van der Waals surface area contributed by atoms with E-state index in [-0.39, 0.29) is 6.03 Å². The molecule has 1 amide bonds. The van der Waals surface area contributed by atoms with Crippen LogP contribution in [0.5, 0.6) is 0 Å². The van der Waals surface area contributed by atoms with Crippen molar-refractivity contribution in [1.82, 2.24) is 9.64 Å². The zero-order valence-corrected chi connectivity index (χ0v) is 10.3. The minimum Gasteiger partial charge on any atom is -0.326 e. The molecule has 3 rings (SSSR count). The van der Waals surface area contributed by atoms with Crippen LogP contribution in [0.2, 0.25) is 5.02 Å². The number of aromatic nitrogens is 1. The third-order valence-electron chi connectivity index (χ3n) is 3.12. The number of carbonyl (C=O) groups is 1. The largest absolute Gasteiger partial charge is 0.366 e. The molecule has 1 aliphatic rings. The van der Waals surface area contributed by atoms with Gasteiger partial charge in [0.05, 0.1) is 5.39 Å². The molecule has 1 aliphatic heterocycles. The summed E-state index contributed by atoms with van der Waals surface area (Å²) in [6.45, 7) is 1.41. The maximum atomic E-state index is 12.2. The normalized spacial score (nSPS) is 15.5. The molecule has 5 nitrogen and oxygen atoms in total. The number of carbonyl (C=O) groups excluding carboxylic acids is 1. The fourth-order valence-electron chi connectivity index (χ4n) is 2.21. The van der Waals surface area contributed by atoms with Gasteiger partial charge >= 0.3 is 11.7 Å². The minimum atomic E-state index is -0.542. The Balaban J connectivity index is 2.12. The molecule has 6 heteroatoms. The fourth-order valence-corrected chi connectivity index (χ4v) is 2.38. The van der Waals surface area contributed by atoms with E-state index in [1.807, 2.05) is 0 Å². The summed E-state index contributed by atoms with van der Waals surface area (Å²) in [5, 5.41) is 0.774. The van der Waals surface area contributed by atoms with Crippen molar-refractivity contribution < 1.29 is 9.32 Å². The van der Waals surface area contributed by atoms with Crippen LogP contribution in [0.3, 0.4) is 0 Å². The van der Waals surface area contributed by atoms with Gasteiger partial charge in [-0.1, -0.05) is 11.6 Å². The number of fused-ring (bicyclic) bond motifs is 1. The second-order valence-electron chi connectivity index (χ2n) is 4.31. The number of rotatable bonds is 0. The van der Waals surface area contributed by atoms with E-state index in [0.29, 0.717) is 29.0 Å². The minimum absolute atomic E-state index is 0.290. The molecule has 1 saturated heterocycles. The molecule has 0 saturated carbocycles. The van der Waals surface area contributed by atoms with E-state index < -0.39 is 5.63 Å². The van der Waals surface area contributed by atoms with Gasteiger partial charge in [-0.3, -0.25) is 0 Å². The molecule has 0 unspecified atom stereocenters. The zero-order chi connectivity index (χ0) is 12.7. The third kappa shape index (κ3) is 1.71. The van der Waals surface area contributed by atoms with Gasteiger partial charge in [0.15, 0.2) is 0 Å². The van der Waals surface area contributed by atoms with E-state index in [4.69, 9.17) is 16.1 Å². The van der Waals surface area contributed by atoms with Gasteiger partial charge < -0.3 is 9.42 Å². The van der Waals surface area contributed by atoms with Gasteiger partial charge in [0.1, 0.15) is 5.52 Å². The molecule has 1 aromatic heterocycles. The molecule has 0 N–H and O–H groups in total. The quantitative estimate of drug-likeness (QED) is 0.735. The Morgan fingerprint density at radius 3 is 2.72 bits per heavy atom. The van der Waals surface area contributed by atoms with Gasteiger partial charge in [-0.15, -0.1) is 4.74 Å². The Morgan fingerprint density at radius 1 is 1.28 bits per heavy atom. The van der Waals surface area contributed by atoms with Crippen LogP contribution in [0, 0.1) is 0 Å². The molecular weight excluding hydrogens is 256 g/mol.